The van der Waals surface area contributed by atoms with Crippen LogP contribution in [0.2, 0.25) is 0 Å². The van der Waals surface area contributed by atoms with Crippen molar-refractivity contribution in [2.75, 3.05) is 39.8 Å². The van der Waals surface area contributed by atoms with E-state index in [2.05, 4.69) is 45.0 Å². The number of unbranched alkanes of at least 4 members (excludes halogenated alkanes) is 1. The SMILES string of the molecule is CN=C(NCCCCN1CCCC1)NCC(C)c1cccs1.I. The Balaban J connectivity index is 0.00000264. The van der Waals surface area contributed by atoms with Crippen LogP contribution in [0.5, 0.6) is 0 Å². The summed E-state index contributed by atoms with van der Waals surface area (Å²) in [6, 6.07) is 4.31. The summed E-state index contributed by atoms with van der Waals surface area (Å²) >= 11 is 1.82. The van der Waals surface area contributed by atoms with Gasteiger partial charge in [0.2, 0.25) is 0 Å². The molecule has 2 heterocycles. The Bertz CT molecular complexity index is 430. The Labute approximate surface area is 162 Å². The van der Waals surface area contributed by atoms with Gasteiger partial charge in [0.15, 0.2) is 5.96 Å². The summed E-state index contributed by atoms with van der Waals surface area (Å²) in [5.74, 6) is 1.44. The summed E-state index contributed by atoms with van der Waals surface area (Å²) in [5.41, 5.74) is 0. The fourth-order valence-corrected chi connectivity index (χ4v) is 3.60. The molecule has 0 amide bonds. The second kappa shape index (κ2) is 12.1. The van der Waals surface area contributed by atoms with Crippen LogP contribution < -0.4 is 10.6 Å². The third kappa shape index (κ3) is 7.85. The molecule has 1 fully saturated rings. The minimum atomic E-state index is 0. The number of halogens is 1. The number of guanidine groups is 1. The van der Waals surface area contributed by atoms with Crippen LogP contribution in [0.1, 0.15) is 43.4 Å². The summed E-state index contributed by atoms with van der Waals surface area (Å²) in [6.45, 7) is 8.04. The third-order valence-corrected chi connectivity index (χ3v) is 5.32. The van der Waals surface area contributed by atoms with Crippen molar-refractivity contribution in [1.29, 1.82) is 0 Å². The lowest BCUT2D eigenvalue weighted by Crippen LogP contribution is -2.39. The number of likely N-dealkylation sites (tertiary alicyclic amines) is 1. The molecule has 1 aromatic heterocycles. The molecule has 1 saturated heterocycles. The standard InChI is InChI=1S/C17H30N4S.HI/c1-15(16-8-7-13-22-16)14-20-17(18-2)19-9-3-4-10-21-11-5-6-12-21;/h7-8,13,15H,3-6,9-12,14H2,1-2H3,(H2,18,19,20);1H. The molecule has 0 spiro atoms. The molecule has 2 rings (SSSR count). The van der Waals surface area contributed by atoms with E-state index in [1.165, 1.54) is 50.2 Å². The molecule has 0 radical (unpaired) electrons. The lowest BCUT2D eigenvalue weighted by molar-refractivity contribution is 0.330. The number of rotatable bonds is 8. The van der Waals surface area contributed by atoms with E-state index in [9.17, 15) is 0 Å². The lowest BCUT2D eigenvalue weighted by Gasteiger charge is -2.16. The van der Waals surface area contributed by atoms with Gasteiger partial charge in [-0.2, -0.15) is 0 Å². The summed E-state index contributed by atoms with van der Waals surface area (Å²) in [4.78, 5) is 8.31. The molecule has 132 valence electrons. The summed E-state index contributed by atoms with van der Waals surface area (Å²) in [7, 11) is 1.84. The predicted octanol–water partition coefficient (Wildman–Crippen LogP) is 3.51. The minimum absolute atomic E-state index is 0. The van der Waals surface area contributed by atoms with Gasteiger partial charge < -0.3 is 15.5 Å². The van der Waals surface area contributed by atoms with Gasteiger partial charge in [0, 0.05) is 30.9 Å². The molecule has 1 aliphatic rings. The number of nitrogens with one attached hydrogen (secondary N) is 2. The topological polar surface area (TPSA) is 39.7 Å². The predicted molar refractivity (Wildman–Crippen MR) is 112 cm³/mol. The van der Waals surface area contributed by atoms with Crippen molar-refractivity contribution in [3.8, 4) is 0 Å². The number of hydrogen-bond acceptors (Lipinski definition) is 3. The lowest BCUT2D eigenvalue weighted by atomic mass is 10.1. The van der Waals surface area contributed by atoms with Crippen molar-refractivity contribution in [2.24, 2.45) is 4.99 Å². The molecule has 1 unspecified atom stereocenters. The van der Waals surface area contributed by atoms with Crippen molar-refractivity contribution < 1.29 is 0 Å². The van der Waals surface area contributed by atoms with Crippen LogP contribution in [0.3, 0.4) is 0 Å². The number of nitrogens with zero attached hydrogens (tertiary/aromatic N) is 2. The summed E-state index contributed by atoms with van der Waals surface area (Å²) in [6.07, 6.45) is 5.25. The average Bonchev–Trinajstić information content (AvgIpc) is 3.22. The molecule has 1 aliphatic heterocycles. The van der Waals surface area contributed by atoms with Crippen LogP contribution in [0.4, 0.5) is 0 Å². The van der Waals surface area contributed by atoms with E-state index < -0.39 is 0 Å². The van der Waals surface area contributed by atoms with Crippen LogP contribution in [0.15, 0.2) is 22.5 Å². The first-order valence-corrected chi connectivity index (χ1v) is 9.38. The van der Waals surface area contributed by atoms with E-state index in [-0.39, 0.29) is 24.0 Å². The van der Waals surface area contributed by atoms with Crippen molar-refractivity contribution in [1.82, 2.24) is 15.5 Å². The van der Waals surface area contributed by atoms with E-state index in [1.54, 1.807) is 0 Å². The molecule has 23 heavy (non-hydrogen) atoms. The molecule has 1 aromatic rings. The first kappa shape index (κ1) is 20.7. The highest BCUT2D eigenvalue weighted by Gasteiger charge is 2.10. The highest BCUT2D eigenvalue weighted by molar-refractivity contribution is 14.0. The van der Waals surface area contributed by atoms with Gasteiger partial charge >= 0.3 is 0 Å². The van der Waals surface area contributed by atoms with E-state index in [0.29, 0.717) is 5.92 Å². The van der Waals surface area contributed by atoms with Gasteiger partial charge in [-0.1, -0.05) is 13.0 Å². The second-order valence-corrected chi connectivity index (χ2v) is 7.03. The van der Waals surface area contributed by atoms with E-state index in [4.69, 9.17) is 0 Å². The van der Waals surface area contributed by atoms with Gasteiger partial charge in [0.1, 0.15) is 0 Å². The number of thiophene rings is 1. The maximum atomic E-state index is 4.30. The zero-order chi connectivity index (χ0) is 15.6. The molecule has 0 bridgehead atoms. The maximum absolute atomic E-state index is 4.30. The smallest absolute Gasteiger partial charge is 0.190 e. The monoisotopic (exact) mass is 450 g/mol. The van der Waals surface area contributed by atoms with Gasteiger partial charge in [-0.05, 0) is 56.8 Å². The molecule has 6 heteroatoms. The molecular weight excluding hydrogens is 419 g/mol. The Morgan fingerprint density at radius 1 is 1.30 bits per heavy atom. The summed E-state index contributed by atoms with van der Waals surface area (Å²) in [5, 5.41) is 8.98. The average molecular weight is 450 g/mol. The summed E-state index contributed by atoms with van der Waals surface area (Å²) < 4.78 is 0. The second-order valence-electron chi connectivity index (χ2n) is 6.05. The largest absolute Gasteiger partial charge is 0.356 e. The molecular formula is C17H31IN4S. The van der Waals surface area contributed by atoms with Crippen LogP contribution in [-0.4, -0.2) is 50.6 Å². The Hall–Kier alpha value is -0.340. The zero-order valence-electron chi connectivity index (χ0n) is 14.4. The van der Waals surface area contributed by atoms with Crippen LogP contribution in [-0.2, 0) is 0 Å². The molecule has 1 atom stereocenters. The van der Waals surface area contributed by atoms with Gasteiger partial charge in [-0.3, -0.25) is 4.99 Å². The fourth-order valence-electron chi connectivity index (χ4n) is 2.82. The molecule has 2 N–H and O–H groups in total. The minimum Gasteiger partial charge on any atom is -0.356 e. The Morgan fingerprint density at radius 2 is 2.09 bits per heavy atom. The zero-order valence-corrected chi connectivity index (χ0v) is 17.5. The number of aliphatic imine (C=N–C) groups is 1. The highest BCUT2D eigenvalue weighted by atomic mass is 127. The van der Waals surface area contributed by atoms with E-state index in [0.717, 1.165) is 19.0 Å². The third-order valence-electron chi connectivity index (χ3n) is 4.22. The fraction of sp³-hybridized carbons (Fsp3) is 0.706. The van der Waals surface area contributed by atoms with Gasteiger partial charge in [-0.25, -0.2) is 0 Å². The van der Waals surface area contributed by atoms with Crippen molar-refractivity contribution >= 4 is 41.3 Å². The Kier molecular flexibility index (Phi) is 10.9. The quantitative estimate of drug-likeness (QED) is 0.276. The van der Waals surface area contributed by atoms with Crippen LogP contribution in [0.25, 0.3) is 0 Å². The van der Waals surface area contributed by atoms with Crippen molar-refractivity contribution in [3.63, 3.8) is 0 Å². The van der Waals surface area contributed by atoms with Crippen LogP contribution in [0, 0.1) is 0 Å². The molecule has 0 aromatic carbocycles. The van der Waals surface area contributed by atoms with E-state index in [1.807, 2.05) is 18.4 Å². The van der Waals surface area contributed by atoms with Gasteiger partial charge in [-0.15, -0.1) is 35.3 Å². The van der Waals surface area contributed by atoms with Crippen LogP contribution >= 0.6 is 35.3 Å². The highest BCUT2D eigenvalue weighted by Crippen LogP contribution is 2.19. The first-order valence-electron chi connectivity index (χ1n) is 8.50. The molecule has 4 nitrogen and oxygen atoms in total. The van der Waals surface area contributed by atoms with Crippen molar-refractivity contribution in [2.45, 2.75) is 38.5 Å². The van der Waals surface area contributed by atoms with E-state index >= 15 is 0 Å². The molecule has 0 aliphatic carbocycles. The molecule has 0 saturated carbocycles. The van der Waals surface area contributed by atoms with Gasteiger partial charge in [0.05, 0.1) is 0 Å². The van der Waals surface area contributed by atoms with Gasteiger partial charge in [0.25, 0.3) is 0 Å². The number of hydrogen-bond donors (Lipinski definition) is 2. The van der Waals surface area contributed by atoms with Crippen molar-refractivity contribution in [3.05, 3.63) is 22.4 Å². The Morgan fingerprint density at radius 3 is 2.74 bits per heavy atom. The maximum Gasteiger partial charge on any atom is 0.190 e. The normalized spacial score (nSPS) is 16.9. The first-order chi connectivity index (χ1) is 10.8.